The highest BCUT2D eigenvalue weighted by atomic mass is 16.7. The first-order valence-corrected chi connectivity index (χ1v) is 13.4. The molecule has 1 saturated heterocycles. The number of ether oxygens (including phenoxy) is 4. The zero-order valence-corrected chi connectivity index (χ0v) is 24.9. The maximum Gasteiger partial charge on any atom is 0.308 e. The lowest BCUT2D eigenvalue weighted by Gasteiger charge is -2.29. The van der Waals surface area contributed by atoms with Gasteiger partial charge in [-0.25, -0.2) is 14.5 Å². The number of aromatic nitrogens is 3. The molecule has 3 rings (SSSR count). The average Bonchev–Trinajstić information content (AvgIpc) is 3.41. The fourth-order valence-corrected chi connectivity index (χ4v) is 4.17. The van der Waals surface area contributed by atoms with Crippen LogP contribution in [0.3, 0.4) is 0 Å². The highest BCUT2D eigenvalue weighted by molar-refractivity contribution is 6.37. The van der Waals surface area contributed by atoms with Crippen molar-refractivity contribution in [3.63, 3.8) is 0 Å². The highest BCUT2D eigenvalue weighted by Crippen LogP contribution is 2.44. The Labute approximate surface area is 240 Å². The Morgan fingerprint density at radius 1 is 1.15 bits per heavy atom. The molecule has 3 heterocycles. The second kappa shape index (κ2) is 12.7. The lowest BCUT2D eigenvalue weighted by atomic mass is 9.89. The lowest BCUT2D eigenvalue weighted by Crippen LogP contribution is -2.47. The summed E-state index contributed by atoms with van der Waals surface area (Å²) in [5.74, 6) is -2.93. The molecule has 41 heavy (non-hydrogen) atoms. The number of carbonyl (C=O) groups is 3. The summed E-state index contributed by atoms with van der Waals surface area (Å²) < 4.78 is 24.9. The number of nitrogens with zero attached hydrogens (tertiary/aromatic N) is 6. The van der Waals surface area contributed by atoms with Crippen molar-refractivity contribution < 1.29 is 33.3 Å². The molecule has 1 aliphatic rings. The van der Waals surface area contributed by atoms with Crippen LogP contribution in [0, 0.1) is 29.1 Å². The smallest absolute Gasteiger partial charge is 0.308 e. The minimum atomic E-state index is -2.00. The van der Waals surface area contributed by atoms with Crippen molar-refractivity contribution in [2.45, 2.75) is 65.5 Å². The van der Waals surface area contributed by atoms with Crippen molar-refractivity contribution in [3.05, 3.63) is 18.1 Å². The van der Waals surface area contributed by atoms with E-state index in [-0.39, 0.29) is 12.3 Å². The van der Waals surface area contributed by atoms with Crippen LogP contribution in [0.15, 0.2) is 17.4 Å². The van der Waals surface area contributed by atoms with E-state index >= 15 is 0 Å². The summed E-state index contributed by atoms with van der Waals surface area (Å²) in [6.45, 7) is 9.58. The highest BCUT2D eigenvalue weighted by Gasteiger charge is 2.63. The molecule has 2 aromatic rings. The average molecular weight is 568 g/mol. The van der Waals surface area contributed by atoms with Gasteiger partial charge in [0.15, 0.2) is 18.0 Å². The van der Waals surface area contributed by atoms with Gasteiger partial charge in [0.05, 0.1) is 29.8 Å². The van der Waals surface area contributed by atoms with E-state index in [0.29, 0.717) is 16.8 Å². The predicted octanol–water partition coefficient (Wildman–Crippen LogP) is 0.662. The molecule has 14 heteroatoms. The first-order chi connectivity index (χ1) is 19.2. The Morgan fingerprint density at radius 3 is 2.32 bits per heavy atom. The predicted molar refractivity (Wildman–Crippen MR) is 150 cm³/mol. The first-order valence-electron chi connectivity index (χ1n) is 13.4. The van der Waals surface area contributed by atoms with Crippen LogP contribution in [-0.4, -0.2) is 90.6 Å². The van der Waals surface area contributed by atoms with E-state index in [9.17, 15) is 19.6 Å². The quantitative estimate of drug-likeness (QED) is 0.130. The summed E-state index contributed by atoms with van der Waals surface area (Å²) >= 11 is 0. The Bertz CT molecular complexity index is 1370. The number of carbonyl (C=O) groups excluding carboxylic acids is 3. The Morgan fingerprint density at radius 2 is 1.76 bits per heavy atom. The van der Waals surface area contributed by atoms with Gasteiger partial charge in [0.25, 0.3) is 0 Å². The van der Waals surface area contributed by atoms with Gasteiger partial charge in [-0.15, -0.1) is 0 Å². The molecule has 4 atom stereocenters. The minimum Gasteiger partial charge on any atom is -0.463 e. The van der Waals surface area contributed by atoms with E-state index in [4.69, 9.17) is 18.9 Å². The van der Waals surface area contributed by atoms with E-state index in [1.165, 1.54) is 10.8 Å². The van der Waals surface area contributed by atoms with Crippen LogP contribution in [-0.2, 0) is 38.9 Å². The zero-order valence-electron chi connectivity index (χ0n) is 24.9. The van der Waals surface area contributed by atoms with Crippen LogP contribution in [0.25, 0.3) is 5.52 Å². The fourth-order valence-electron chi connectivity index (χ4n) is 4.17. The van der Waals surface area contributed by atoms with Gasteiger partial charge >= 0.3 is 17.9 Å². The van der Waals surface area contributed by atoms with E-state index in [0.717, 1.165) is 0 Å². The number of esters is 3. The van der Waals surface area contributed by atoms with Gasteiger partial charge in [-0.1, -0.05) is 47.0 Å². The second-order valence-electron chi connectivity index (χ2n) is 11.1. The monoisotopic (exact) mass is 568 g/mol. The molecular weight excluding hydrogens is 531 g/mol. The molecule has 1 fully saturated rings. The van der Waals surface area contributed by atoms with Gasteiger partial charge in [-0.05, 0) is 6.07 Å². The van der Waals surface area contributed by atoms with Crippen molar-refractivity contribution in [2.75, 3.05) is 20.7 Å². The first kappa shape index (κ1) is 31.5. The lowest BCUT2D eigenvalue weighted by molar-refractivity contribution is -0.174. The van der Waals surface area contributed by atoms with Gasteiger partial charge in [-0.3, -0.25) is 14.4 Å². The SMILES string of the molecule is Bc1cc([C@]2(C#N)O[C@H](COC(=O)C(C)C)[C@@H](OC(=O)C(C)C)[C@H]2OC(=O)C(C)C)n2ncnc(/N=C\N(C)C)c12. The van der Waals surface area contributed by atoms with Crippen LogP contribution in [0.5, 0.6) is 0 Å². The molecular formula is C27H37BN6O7. The van der Waals surface area contributed by atoms with Crippen LogP contribution >= 0.6 is 0 Å². The molecule has 0 amide bonds. The van der Waals surface area contributed by atoms with Crippen LogP contribution < -0.4 is 5.46 Å². The summed E-state index contributed by atoms with van der Waals surface area (Å²) in [5, 5.41) is 15.1. The third-order valence-electron chi connectivity index (χ3n) is 6.39. The third-order valence-corrected chi connectivity index (χ3v) is 6.39. The maximum atomic E-state index is 13.0. The van der Waals surface area contributed by atoms with Crippen LogP contribution in [0.1, 0.15) is 47.2 Å². The maximum absolute atomic E-state index is 13.0. The molecule has 13 nitrogen and oxygen atoms in total. The van der Waals surface area contributed by atoms with E-state index < -0.39 is 59.6 Å². The van der Waals surface area contributed by atoms with Crippen molar-refractivity contribution >= 4 is 48.9 Å². The largest absolute Gasteiger partial charge is 0.463 e. The van der Waals surface area contributed by atoms with Crippen LogP contribution in [0.4, 0.5) is 5.82 Å². The minimum absolute atomic E-state index is 0.209. The fraction of sp³-hybridized carbons (Fsp3) is 0.593. The Balaban J connectivity index is 2.24. The molecule has 2 aromatic heterocycles. The summed E-state index contributed by atoms with van der Waals surface area (Å²) in [7, 11) is 5.42. The van der Waals surface area contributed by atoms with E-state index in [1.807, 2.05) is 14.1 Å². The molecule has 0 unspecified atom stereocenters. The van der Waals surface area contributed by atoms with Gasteiger partial charge in [0.2, 0.25) is 5.60 Å². The summed E-state index contributed by atoms with van der Waals surface area (Å²) in [5.41, 5.74) is -0.626. The molecule has 0 saturated carbocycles. The molecule has 1 aliphatic heterocycles. The van der Waals surface area contributed by atoms with Gasteiger partial charge in [-0.2, -0.15) is 10.4 Å². The van der Waals surface area contributed by atoms with Gasteiger partial charge in [0, 0.05) is 14.1 Å². The molecule has 0 radical (unpaired) electrons. The van der Waals surface area contributed by atoms with Gasteiger partial charge in [0.1, 0.15) is 38.5 Å². The number of hydrogen-bond acceptors (Lipinski definition) is 11. The second-order valence-corrected chi connectivity index (χ2v) is 11.1. The molecule has 220 valence electrons. The zero-order chi connectivity index (χ0) is 30.6. The van der Waals surface area contributed by atoms with Crippen molar-refractivity contribution in [2.24, 2.45) is 22.7 Å². The van der Waals surface area contributed by atoms with Crippen molar-refractivity contribution in [1.29, 1.82) is 5.26 Å². The number of aliphatic imine (C=N–C) groups is 1. The molecule has 0 N–H and O–H groups in total. The number of fused-ring (bicyclic) bond motifs is 1. The van der Waals surface area contributed by atoms with Gasteiger partial charge < -0.3 is 23.8 Å². The van der Waals surface area contributed by atoms with Crippen LogP contribution in [0.2, 0.25) is 0 Å². The summed E-state index contributed by atoms with van der Waals surface area (Å²) in [4.78, 5) is 48.6. The third kappa shape index (κ3) is 6.51. The number of nitriles is 1. The normalized spacial score (nSPS) is 22.4. The number of rotatable bonds is 10. The summed E-state index contributed by atoms with van der Waals surface area (Å²) in [6.07, 6.45) is -0.969. The molecule has 0 spiro atoms. The molecule has 0 bridgehead atoms. The Hall–Kier alpha value is -3.99. The molecule has 0 aromatic carbocycles. The van der Waals surface area contributed by atoms with E-state index in [1.54, 1.807) is 66.7 Å². The Kier molecular flexibility index (Phi) is 9.75. The molecule has 0 aliphatic carbocycles. The van der Waals surface area contributed by atoms with E-state index in [2.05, 4.69) is 21.1 Å². The number of hydrogen-bond donors (Lipinski definition) is 0. The van der Waals surface area contributed by atoms with Crippen molar-refractivity contribution in [3.8, 4) is 6.07 Å². The summed E-state index contributed by atoms with van der Waals surface area (Å²) in [6, 6.07) is 3.85. The topological polar surface area (TPSA) is 158 Å². The van der Waals surface area contributed by atoms with Crippen molar-refractivity contribution in [1.82, 2.24) is 19.5 Å². The standard InChI is InChI=1S/C27H37BN6O7/c1-14(2)24(35)38-10-18-21(39-25(36)15(3)4)22(40-26(37)16(5)6)27(11-29,41-18)19-9-17(28)20-23(31-13-33(7)8)30-12-32-34(19)20/h9,12-16,18,21-22H,10,28H2,1-8H3/b31-13-/t18-,21-,22-,27+/m1/s1.